The molecule has 1 aliphatic rings. The van der Waals surface area contributed by atoms with Crippen LogP contribution in [0.5, 0.6) is 0 Å². The summed E-state index contributed by atoms with van der Waals surface area (Å²) in [6.07, 6.45) is 1.92. The van der Waals surface area contributed by atoms with Crippen LogP contribution in [-0.4, -0.2) is 11.8 Å². The van der Waals surface area contributed by atoms with Gasteiger partial charge in [-0.2, -0.15) is 0 Å². The first-order valence-corrected chi connectivity index (χ1v) is 9.11. The highest BCUT2D eigenvalue weighted by Crippen LogP contribution is 2.33. The average Bonchev–Trinajstić information content (AvgIpc) is 3.32. The summed E-state index contributed by atoms with van der Waals surface area (Å²) in [6, 6.07) is 9.14. The van der Waals surface area contributed by atoms with Gasteiger partial charge in [-0.25, -0.2) is 0 Å². The molecule has 1 saturated carbocycles. The Bertz CT molecular complexity index is 766. The van der Waals surface area contributed by atoms with Crippen molar-refractivity contribution in [3.8, 4) is 0 Å². The van der Waals surface area contributed by atoms with Gasteiger partial charge in [0.15, 0.2) is 0 Å². The molecule has 1 aromatic carbocycles. The monoisotopic (exact) mass is 362 g/mol. The zero-order valence-corrected chi connectivity index (χ0v) is 15.1. The van der Waals surface area contributed by atoms with Crippen molar-refractivity contribution in [3.05, 3.63) is 51.4 Å². The largest absolute Gasteiger partial charge is 0.345 e. The molecule has 2 amide bonds. The van der Waals surface area contributed by atoms with E-state index in [-0.39, 0.29) is 23.8 Å². The fourth-order valence-corrected chi connectivity index (χ4v) is 3.54. The maximum Gasteiger partial charge on any atom is 0.262 e. The highest BCUT2D eigenvalue weighted by molar-refractivity contribution is 7.18. The predicted molar refractivity (Wildman–Crippen MR) is 97.7 cm³/mol. The number of hydrogen-bond donors (Lipinski definition) is 2. The second-order valence-corrected chi connectivity index (χ2v) is 7.62. The molecule has 0 bridgehead atoms. The van der Waals surface area contributed by atoms with Crippen LogP contribution in [0.2, 0.25) is 5.02 Å². The molecule has 1 atom stereocenters. The molecule has 24 heavy (non-hydrogen) atoms. The van der Waals surface area contributed by atoms with Crippen molar-refractivity contribution in [2.45, 2.75) is 32.7 Å². The quantitative estimate of drug-likeness (QED) is 0.819. The smallest absolute Gasteiger partial charge is 0.262 e. The molecule has 1 aromatic heterocycles. The van der Waals surface area contributed by atoms with E-state index in [0.717, 1.165) is 29.0 Å². The summed E-state index contributed by atoms with van der Waals surface area (Å²) in [5, 5.41) is 7.29. The molecule has 126 valence electrons. The zero-order chi connectivity index (χ0) is 17.3. The molecule has 0 spiro atoms. The standard InChI is InChI=1S/C18H19ClN2O2S/c1-10-9-15(21-17(22)13-3-4-13)24-16(10)18(23)20-11(2)12-5-7-14(19)8-6-12/h5-9,11,13H,3-4H2,1-2H3,(H,20,23)(H,21,22)/t11-/m0/s1. The first kappa shape index (κ1) is 17.0. The van der Waals surface area contributed by atoms with Gasteiger partial charge in [0, 0.05) is 10.9 Å². The van der Waals surface area contributed by atoms with Crippen LogP contribution >= 0.6 is 22.9 Å². The van der Waals surface area contributed by atoms with E-state index in [1.165, 1.54) is 11.3 Å². The molecular formula is C18H19ClN2O2S. The van der Waals surface area contributed by atoms with Gasteiger partial charge in [-0.3, -0.25) is 9.59 Å². The lowest BCUT2D eigenvalue weighted by atomic mass is 10.1. The Morgan fingerprint density at radius 1 is 1.25 bits per heavy atom. The van der Waals surface area contributed by atoms with E-state index < -0.39 is 0 Å². The fourth-order valence-electron chi connectivity index (χ4n) is 2.44. The Labute approximate surface area is 150 Å². The van der Waals surface area contributed by atoms with Crippen LogP contribution in [0.4, 0.5) is 5.00 Å². The van der Waals surface area contributed by atoms with Crippen LogP contribution in [0, 0.1) is 12.8 Å². The van der Waals surface area contributed by atoms with Crippen LogP contribution in [0.15, 0.2) is 30.3 Å². The van der Waals surface area contributed by atoms with Gasteiger partial charge in [-0.05, 0) is 56.0 Å². The summed E-state index contributed by atoms with van der Waals surface area (Å²) in [7, 11) is 0. The summed E-state index contributed by atoms with van der Waals surface area (Å²) >= 11 is 7.21. The number of rotatable bonds is 5. The molecule has 1 fully saturated rings. The Morgan fingerprint density at radius 2 is 1.92 bits per heavy atom. The molecule has 0 radical (unpaired) electrons. The van der Waals surface area contributed by atoms with Crippen molar-refractivity contribution < 1.29 is 9.59 Å². The van der Waals surface area contributed by atoms with Crippen molar-refractivity contribution in [2.75, 3.05) is 5.32 Å². The lowest BCUT2D eigenvalue weighted by Gasteiger charge is -2.14. The van der Waals surface area contributed by atoms with E-state index in [4.69, 9.17) is 11.6 Å². The number of aryl methyl sites for hydroxylation is 1. The van der Waals surface area contributed by atoms with Gasteiger partial charge in [0.25, 0.3) is 5.91 Å². The van der Waals surface area contributed by atoms with E-state index in [1.807, 2.05) is 32.0 Å². The molecule has 1 heterocycles. The Morgan fingerprint density at radius 3 is 2.54 bits per heavy atom. The van der Waals surface area contributed by atoms with Crippen molar-refractivity contribution in [3.63, 3.8) is 0 Å². The van der Waals surface area contributed by atoms with Gasteiger partial charge in [0.1, 0.15) is 0 Å². The predicted octanol–water partition coefficient (Wildman–Crippen LogP) is 4.55. The van der Waals surface area contributed by atoms with Crippen LogP contribution in [-0.2, 0) is 4.79 Å². The number of amides is 2. The van der Waals surface area contributed by atoms with Crippen LogP contribution < -0.4 is 10.6 Å². The SMILES string of the molecule is Cc1cc(NC(=O)C2CC2)sc1C(=O)N[C@@H](C)c1ccc(Cl)cc1. The number of carbonyl (C=O) groups excluding carboxylic acids is 2. The normalized spacial score (nSPS) is 15.0. The van der Waals surface area contributed by atoms with Gasteiger partial charge >= 0.3 is 0 Å². The highest BCUT2D eigenvalue weighted by Gasteiger charge is 2.30. The minimum atomic E-state index is -0.133. The minimum absolute atomic E-state index is 0.0535. The van der Waals surface area contributed by atoms with E-state index in [9.17, 15) is 9.59 Å². The van der Waals surface area contributed by atoms with Gasteiger partial charge in [-0.15, -0.1) is 11.3 Å². The van der Waals surface area contributed by atoms with Crippen molar-refractivity contribution in [2.24, 2.45) is 5.92 Å². The number of thiophene rings is 1. The third kappa shape index (κ3) is 3.97. The van der Waals surface area contributed by atoms with Crippen LogP contribution in [0.25, 0.3) is 0 Å². The molecule has 6 heteroatoms. The third-order valence-electron chi connectivity index (χ3n) is 4.04. The number of hydrogen-bond acceptors (Lipinski definition) is 3. The molecule has 4 nitrogen and oxygen atoms in total. The number of nitrogens with one attached hydrogen (secondary N) is 2. The van der Waals surface area contributed by atoms with Gasteiger partial charge in [-0.1, -0.05) is 23.7 Å². The lowest BCUT2D eigenvalue weighted by molar-refractivity contribution is -0.117. The summed E-state index contributed by atoms with van der Waals surface area (Å²) in [5.41, 5.74) is 1.86. The summed E-state index contributed by atoms with van der Waals surface area (Å²) in [4.78, 5) is 25.0. The van der Waals surface area contributed by atoms with Gasteiger partial charge in [0.05, 0.1) is 15.9 Å². The highest BCUT2D eigenvalue weighted by atomic mass is 35.5. The minimum Gasteiger partial charge on any atom is -0.345 e. The maximum absolute atomic E-state index is 12.5. The van der Waals surface area contributed by atoms with Crippen LogP contribution in [0.3, 0.4) is 0 Å². The Kier molecular flexibility index (Phi) is 4.92. The van der Waals surface area contributed by atoms with Gasteiger partial charge < -0.3 is 10.6 Å². The van der Waals surface area contributed by atoms with Gasteiger partial charge in [0.2, 0.25) is 5.91 Å². The van der Waals surface area contributed by atoms with E-state index in [2.05, 4.69) is 10.6 Å². The number of anilines is 1. The number of benzene rings is 1. The summed E-state index contributed by atoms with van der Waals surface area (Å²) < 4.78 is 0. The van der Waals surface area contributed by atoms with Crippen molar-refractivity contribution in [1.29, 1.82) is 0 Å². The van der Waals surface area contributed by atoms with Crippen LogP contribution in [0.1, 0.15) is 46.6 Å². The molecule has 0 unspecified atom stereocenters. The Hall–Kier alpha value is -1.85. The lowest BCUT2D eigenvalue weighted by Crippen LogP contribution is -2.26. The zero-order valence-electron chi connectivity index (χ0n) is 13.6. The maximum atomic E-state index is 12.5. The summed E-state index contributed by atoms with van der Waals surface area (Å²) in [6.45, 7) is 3.81. The molecule has 2 N–H and O–H groups in total. The fraction of sp³-hybridized carbons (Fsp3) is 0.333. The molecule has 2 aromatic rings. The average molecular weight is 363 g/mol. The number of halogens is 1. The second kappa shape index (κ2) is 6.95. The molecule has 1 aliphatic carbocycles. The Balaban J connectivity index is 1.66. The molecular weight excluding hydrogens is 344 g/mol. The topological polar surface area (TPSA) is 58.2 Å². The third-order valence-corrected chi connectivity index (χ3v) is 5.44. The second-order valence-electron chi connectivity index (χ2n) is 6.13. The first-order valence-electron chi connectivity index (χ1n) is 7.91. The molecule has 0 aliphatic heterocycles. The summed E-state index contributed by atoms with van der Waals surface area (Å²) in [5.74, 6) is 0.0687. The van der Waals surface area contributed by atoms with Crippen molar-refractivity contribution >= 4 is 39.8 Å². The molecule has 3 rings (SSSR count). The molecule has 0 saturated heterocycles. The van der Waals surface area contributed by atoms with Crippen molar-refractivity contribution in [1.82, 2.24) is 5.32 Å². The van der Waals surface area contributed by atoms with E-state index in [1.54, 1.807) is 12.1 Å². The van der Waals surface area contributed by atoms with E-state index in [0.29, 0.717) is 9.90 Å². The first-order chi connectivity index (χ1) is 11.4. The van der Waals surface area contributed by atoms with E-state index >= 15 is 0 Å². The number of carbonyl (C=O) groups is 2.